The molecule has 0 aromatic carbocycles. The quantitative estimate of drug-likeness (QED) is 0.285. The normalized spacial score (nSPS) is 11.1. The van der Waals surface area contributed by atoms with Gasteiger partial charge in [-0.2, -0.15) is 0 Å². The summed E-state index contributed by atoms with van der Waals surface area (Å²) in [6.07, 6.45) is 1.71. The average molecular weight is 266 g/mol. The predicted molar refractivity (Wildman–Crippen MR) is 68.0 cm³/mol. The van der Waals surface area contributed by atoms with E-state index in [1.165, 1.54) is 0 Å². The minimum absolute atomic E-state index is 0.361. The SMILES string of the molecule is CCOP(=O)(NCCCCN=C=S)OCC. The summed E-state index contributed by atoms with van der Waals surface area (Å²) in [5, 5.41) is 5.10. The van der Waals surface area contributed by atoms with Gasteiger partial charge in [0.2, 0.25) is 0 Å². The Hall–Kier alpha value is -0.0900. The van der Waals surface area contributed by atoms with Crippen molar-refractivity contribution in [3.8, 4) is 0 Å². The van der Waals surface area contributed by atoms with Gasteiger partial charge in [0.15, 0.2) is 0 Å². The highest BCUT2D eigenvalue weighted by Crippen LogP contribution is 2.43. The van der Waals surface area contributed by atoms with Gasteiger partial charge in [0.05, 0.1) is 18.4 Å². The molecule has 0 aliphatic heterocycles. The van der Waals surface area contributed by atoms with Crippen LogP contribution in [0.1, 0.15) is 26.7 Å². The van der Waals surface area contributed by atoms with E-state index in [0.29, 0.717) is 26.3 Å². The summed E-state index contributed by atoms with van der Waals surface area (Å²) in [6.45, 7) is 5.50. The van der Waals surface area contributed by atoms with E-state index in [0.717, 1.165) is 12.8 Å². The van der Waals surface area contributed by atoms with Crippen molar-refractivity contribution in [2.75, 3.05) is 26.3 Å². The van der Waals surface area contributed by atoms with Gasteiger partial charge in [-0.05, 0) is 38.9 Å². The van der Waals surface area contributed by atoms with Gasteiger partial charge in [-0.15, -0.1) is 0 Å². The van der Waals surface area contributed by atoms with Gasteiger partial charge in [-0.3, -0.25) is 9.05 Å². The largest absolute Gasteiger partial charge is 0.405 e. The Balaban J connectivity index is 3.76. The van der Waals surface area contributed by atoms with Crippen molar-refractivity contribution in [1.29, 1.82) is 0 Å². The van der Waals surface area contributed by atoms with Crippen LogP contribution in [-0.2, 0) is 13.6 Å². The molecule has 0 spiro atoms. The first-order valence-electron chi connectivity index (χ1n) is 5.36. The maximum Gasteiger partial charge on any atom is 0.405 e. The van der Waals surface area contributed by atoms with Crippen molar-refractivity contribution < 1.29 is 13.6 Å². The lowest BCUT2D eigenvalue weighted by atomic mass is 10.3. The minimum atomic E-state index is -3.09. The van der Waals surface area contributed by atoms with E-state index in [2.05, 4.69) is 27.5 Å². The summed E-state index contributed by atoms with van der Waals surface area (Å²) in [5.41, 5.74) is 0. The fraction of sp³-hybridized carbons (Fsp3) is 0.889. The van der Waals surface area contributed by atoms with Crippen LogP contribution >= 0.6 is 20.0 Å². The number of nitrogens with one attached hydrogen (secondary N) is 1. The summed E-state index contributed by atoms with van der Waals surface area (Å²) in [7, 11) is -3.09. The van der Waals surface area contributed by atoms with Gasteiger partial charge in [-0.1, -0.05) is 0 Å². The van der Waals surface area contributed by atoms with Crippen molar-refractivity contribution >= 4 is 25.1 Å². The Morgan fingerprint density at radius 3 is 2.44 bits per heavy atom. The molecule has 0 saturated heterocycles. The van der Waals surface area contributed by atoms with Crippen molar-refractivity contribution in [2.45, 2.75) is 26.7 Å². The molecule has 0 atom stereocenters. The topological polar surface area (TPSA) is 59.9 Å². The van der Waals surface area contributed by atoms with Crippen LogP contribution < -0.4 is 5.09 Å². The van der Waals surface area contributed by atoms with Gasteiger partial charge in [0.25, 0.3) is 0 Å². The van der Waals surface area contributed by atoms with E-state index in [9.17, 15) is 4.57 Å². The standard InChI is InChI=1S/C9H19N2O3PS/c1-3-13-15(12,14-4-2)11-8-6-5-7-10-9-16/h3-8H2,1-2H3,(H,11,12). The van der Waals surface area contributed by atoms with E-state index < -0.39 is 7.75 Å². The zero-order chi connectivity index (χ0) is 12.3. The maximum atomic E-state index is 11.9. The lowest BCUT2D eigenvalue weighted by molar-refractivity contribution is 0.210. The first-order chi connectivity index (χ1) is 7.68. The van der Waals surface area contributed by atoms with Gasteiger partial charge in [0, 0.05) is 13.1 Å². The Kier molecular flexibility index (Phi) is 10.0. The summed E-state index contributed by atoms with van der Waals surface area (Å²) >= 11 is 4.44. The minimum Gasteiger partial charge on any atom is -0.297 e. The van der Waals surface area contributed by atoms with E-state index in [4.69, 9.17) is 9.05 Å². The first kappa shape index (κ1) is 15.9. The van der Waals surface area contributed by atoms with Crippen LogP contribution in [0.5, 0.6) is 0 Å². The fourth-order valence-corrected chi connectivity index (χ4v) is 2.51. The first-order valence-corrected chi connectivity index (χ1v) is 7.31. The van der Waals surface area contributed by atoms with E-state index in [1.807, 2.05) is 0 Å². The lowest BCUT2D eigenvalue weighted by Crippen LogP contribution is -2.16. The number of hydrogen-bond acceptors (Lipinski definition) is 5. The molecule has 0 fully saturated rings. The highest BCUT2D eigenvalue weighted by atomic mass is 32.1. The molecule has 0 amide bonds. The highest BCUT2D eigenvalue weighted by molar-refractivity contribution is 7.78. The molecule has 0 aromatic rings. The van der Waals surface area contributed by atoms with Gasteiger partial charge in [-0.25, -0.2) is 14.6 Å². The molecule has 0 saturated carbocycles. The molecular weight excluding hydrogens is 247 g/mol. The summed E-state index contributed by atoms with van der Waals surface area (Å²) < 4.78 is 22.0. The van der Waals surface area contributed by atoms with Crippen LogP contribution in [-0.4, -0.2) is 31.5 Å². The van der Waals surface area contributed by atoms with Crippen LogP contribution in [0.4, 0.5) is 0 Å². The molecule has 94 valence electrons. The van der Waals surface area contributed by atoms with Gasteiger partial charge < -0.3 is 0 Å². The average Bonchev–Trinajstić information content (AvgIpc) is 2.24. The molecule has 0 aromatic heterocycles. The van der Waals surface area contributed by atoms with Gasteiger partial charge in [0.1, 0.15) is 0 Å². The summed E-state index contributed by atoms with van der Waals surface area (Å²) in [6, 6.07) is 0. The molecule has 0 bridgehead atoms. The third kappa shape index (κ3) is 8.11. The number of unbranched alkanes of at least 4 members (excludes halogenated alkanes) is 1. The fourth-order valence-electron chi connectivity index (χ4n) is 1.05. The van der Waals surface area contributed by atoms with E-state index >= 15 is 0 Å². The maximum absolute atomic E-state index is 11.9. The number of thiocarbonyl (C=S) groups is 1. The smallest absolute Gasteiger partial charge is 0.297 e. The molecule has 0 unspecified atom stereocenters. The molecule has 0 rings (SSSR count). The van der Waals surface area contributed by atoms with E-state index in [-0.39, 0.29) is 0 Å². The van der Waals surface area contributed by atoms with Crippen molar-refractivity contribution in [3.63, 3.8) is 0 Å². The second-order valence-electron chi connectivity index (χ2n) is 2.92. The Labute approximate surface area is 102 Å². The number of rotatable bonds is 10. The Bertz CT molecular complexity index is 259. The number of hydrogen-bond donors (Lipinski definition) is 1. The van der Waals surface area contributed by atoms with Gasteiger partial charge >= 0.3 is 7.75 Å². The predicted octanol–water partition coefficient (Wildman–Crippen LogP) is 2.64. The second-order valence-corrected chi connectivity index (χ2v) is 4.93. The monoisotopic (exact) mass is 266 g/mol. The number of aliphatic imine (C=N–C) groups is 1. The molecule has 5 nitrogen and oxygen atoms in total. The van der Waals surface area contributed by atoms with Crippen LogP contribution in [0.3, 0.4) is 0 Å². The van der Waals surface area contributed by atoms with E-state index in [1.54, 1.807) is 13.8 Å². The highest BCUT2D eigenvalue weighted by Gasteiger charge is 2.21. The van der Waals surface area contributed by atoms with Crippen LogP contribution in [0.2, 0.25) is 0 Å². The molecule has 7 heteroatoms. The molecule has 0 heterocycles. The van der Waals surface area contributed by atoms with Crippen LogP contribution in [0.15, 0.2) is 4.99 Å². The summed E-state index contributed by atoms with van der Waals surface area (Å²) in [5.74, 6) is 0. The third-order valence-corrected chi connectivity index (χ3v) is 3.60. The van der Waals surface area contributed by atoms with Crippen molar-refractivity contribution in [1.82, 2.24) is 5.09 Å². The molecule has 16 heavy (non-hydrogen) atoms. The molecule has 1 N–H and O–H groups in total. The van der Waals surface area contributed by atoms with Crippen molar-refractivity contribution in [2.24, 2.45) is 4.99 Å². The lowest BCUT2D eigenvalue weighted by Gasteiger charge is -2.17. The zero-order valence-corrected chi connectivity index (χ0v) is 11.5. The molecular formula is C9H19N2O3PS. The third-order valence-electron chi connectivity index (χ3n) is 1.66. The summed E-state index contributed by atoms with van der Waals surface area (Å²) in [4.78, 5) is 3.78. The second kappa shape index (κ2) is 10.1. The molecule has 0 radical (unpaired) electrons. The number of nitrogens with zero attached hydrogens (tertiary/aromatic N) is 1. The zero-order valence-electron chi connectivity index (χ0n) is 9.77. The van der Waals surface area contributed by atoms with Crippen molar-refractivity contribution in [3.05, 3.63) is 0 Å². The van der Waals surface area contributed by atoms with Crippen LogP contribution in [0, 0.1) is 0 Å². The molecule has 0 aliphatic rings. The Morgan fingerprint density at radius 2 is 1.94 bits per heavy atom. The van der Waals surface area contributed by atoms with Crippen LogP contribution in [0.25, 0.3) is 0 Å². The molecule has 0 aliphatic carbocycles. The Morgan fingerprint density at radius 1 is 1.31 bits per heavy atom. The number of isothiocyanates is 1.